The van der Waals surface area contributed by atoms with Gasteiger partial charge in [-0.1, -0.05) is 11.6 Å². The van der Waals surface area contributed by atoms with E-state index in [4.69, 9.17) is 40.0 Å². The van der Waals surface area contributed by atoms with Crippen molar-refractivity contribution in [3.05, 3.63) is 64.2 Å². The van der Waals surface area contributed by atoms with E-state index in [1.165, 1.54) is 0 Å². The first-order chi connectivity index (χ1) is 18.4. The number of hydrogen-bond donors (Lipinski definition) is 0. The number of carbonyl (C=O) groups is 1. The Hall–Kier alpha value is -3.78. The molecule has 0 saturated heterocycles. The first kappa shape index (κ1) is 27.3. The van der Waals surface area contributed by atoms with E-state index >= 15 is 0 Å². The van der Waals surface area contributed by atoms with Crippen molar-refractivity contribution < 1.29 is 33.2 Å². The molecule has 0 unspecified atom stereocenters. The fourth-order valence-electron chi connectivity index (χ4n) is 4.78. The zero-order valence-corrected chi connectivity index (χ0v) is 23.2. The number of halogens is 1. The molecule has 0 spiro atoms. The van der Waals surface area contributed by atoms with Crippen molar-refractivity contribution in [2.75, 3.05) is 46.6 Å². The van der Waals surface area contributed by atoms with Gasteiger partial charge in [0.2, 0.25) is 11.7 Å². The average molecular weight is 542 g/mol. The Bertz CT molecular complexity index is 1300. The highest BCUT2D eigenvalue weighted by Crippen LogP contribution is 2.48. The number of fused-ring (bicyclic) bond motifs is 1. The first-order valence-electron chi connectivity index (χ1n) is 12.3. The molecule has 0 saturated carbocycles. The zero-order valence-electron chi connectivity index (χ0n) is 22.4. The number of amides is 1. The lowest BCUT2D eigenvalue weighted by atomic mass is 9.86. The second kappa shape index (κ2) is 11.7. The standard InChI is InChI=1S/C29H32ClNO7/c1-7-37-23-11-17-14-27(32)31(19-9-10-22(33-3)21(30)15-19)28(20(17)16-24(23)38-8-2)18-12-25(34-4)29(36-6)26(13-18)35-5/h9-13,15-16,28H,7-8,14H2,1-6H3/t28-/m1/s1. The molecule has 3 aromatic rings. The summed E-state index contributed by atoms with van der Waals surface area (Å²) in [5.41, 5.74) is 3.11. The molecule has 0 bridgehead atoms. The highest BCUT2D eigenvalue weighted by atomic mass is 35.5. The third-order valence-electron chi connectivity index (χ3n) is 6.38. The van der Waals surface area contributed by atoms with Crippen molar-refractivity contribution in [2.24, 2.45) is 0 Å². The quantitative estimate of drug-likeness (QED) is 0.318. The van der Waals surface area contributed by atoms with E-state index in [9.17, 15) is 4.79 Å². The van der Waals surface area contributed by atoms with Gasteiger partial charge >= 0.3 is 0 Å². The number of hydrogen-bond acceptors (Lipinski definition) is 7. The molecular formula is C29H32ClNO7. The summed E-state index contributed by atoms with van der Waals surface area (Å²) in [5, 5.41) is 0.397. The van der Waals surface area contributed by atoms with Gasteiger partial charge in [-0.05, 0) is 73.0 Å². The zero-order chi connectivity index (χ0) is 27.4. The van der Waals surface area contributed by atoms with Crippen LogP contribution in [0.4, 0.5) is 5.69 Å². The maximum Gasteiger partial charge on any atom is 0.232 e. The maximum atomic E-state index is 13.8. The third-order valence-corrected chi connectivity index (χ3v) is 6.68. The predicted molar refractivity (Wildman–Crippen MR) is 146 cm³/mol. The van der Waals surface area contributed by atoms with Gasteiger partial charge in [0.1, 0.15) is 5.75 Å². The predicted octanol–water partition coefficient (Wildman–Crippen LogP) is 5.85. The maximum absolute atomic E-state index is 13.8. The van der Waals surface area contributed by atoms with E-state index in [1.807, 2.05) is 44.2 Å². The number of rotatable bonds is 10. The molecule has 38 heavy (non-hydrogen) atoms. The van der Waals surface area contributed by atoms with Gasteiger partial charge in [0.25, 0.3) is 0 Å². The third kappa shape index (κ3) is 5.00. The van der Waals surface area contributed by atoms with Gasteiger partial charge in [-0.15, -0.1) is 0 Å². The van der Waals surface area contributed by atoms with Crippen LogP contribution in [0, 0.1) is 0 Å². The van der Waals surface area contributed by atoms with Crippen LogP contribution in [0.15, 0.2) is 42.5 Å². The van der Waals surface area contributed by atoms with Gasteiger partial charge in [-0.2, -0.15) is 0 Å². The molecule has 0 radical (unpaired) electrons. The lowest BCUT2D eigenvalue weighted by Crippen LogP contribution is -2.41. The van der Waals surface area contributed by atoms with Gasteiger partial charge in [-0.3, -0.25) is 4.79 Å². The fourth-order valence-corrected chi connectivity index (χ4v) is 5.03. The smallest absolute Gasteiger partial charge is 0.232 e. The van der Waals surface area contributed by atoms with Gasteiger partial charge in [0, 0.05) is 5.69 Å². The molecule has 9 heteroatoms. The Morgan fingerprint density at radius 2 is 1.39 bits per heavy atom. The number of anilines is 1. The molecule has 1 amide bonds. The molecule has 0 aliphatic carbocycles. The number of ether oxygens (including phenoxy) is 6. The normalized spacial score (nSPS) is 14.6. The molecule has 1 atom stereocenters. The fraction of sp³-hybridized carbons (Fsp3) is 0.345. The van der Waals surface area contributed by atoms with Crippen molar-refractivity contribution in [1.29, 1.82) is 0 Å². The second-order valence-corrected chi connectivity index (χ2v) is 8.89. The molecule has 1 heterocycles. The van der Waals surface area contributed by atoms with E-state index in [0.717, 1.165) is 16.7 Å². The van der Waals surface area contributed by atoms with Crippen LogP contribution in [0.5, 0.6) is 34.5 Å². The number of carbonyl (C=O) groups excluding carboxylic acids is 1. The Labute approximate surface area is 227 Å². The minimum absolute atomic E-state index is 0.107. The summed E-state index contributed by atoms with van der Waals surface area (Å²) < 4.78 is 33.9. The van der Waals surface area contributed by atoms with Crippen LogP contribution < -0.4 is 33.3 Å². The Morgan fingerprint density at radius 3 is 1.92 bits per heavy atom. The largest absolute Gasteiger partial charge is 0.495 e. The minimum atomic E-state index is -0.556. The molecule has 1 aliphatic heterocycles. The molecule has 1 aliphatic rings. The molecule has 0 N–H and O–H groups in total. The summed E-state index contributed by atoms with van der Waals surface area (Å²) in [7, 11) is 6.22. The van der Waals surface area contributed by atoms with Crippen LogP contribution in [0.1, 0.15) is 36.6 Å². The van der Waals surface area contributed by atoms with Crippen LogP contribution in [-0.4, -0.2) is 47.6 Å². The highest BCUT2D eigenvalue weighted by Gasteiger charge is 2.37. The van der Waals surface area contributed by atoms with E-state index in [1.54, 1.807) is 45.5 Å². The molecule has 0 fully saturated rings. The summed E-state index contributed by atoms with van der Waals surface area (Å²) in [6.07, 6.45) is 0.173. The van der Waals surface area contributed by atoms with Crippen LogP contribution in [-0.2, 0) is 11.2 Å². The van der Waals surface area contributed by atoms with Crippen molar-refractivity contribution >= 4 is 23.2 Å². The lowest BCUT2D eigenvalue weighted by molar-refractivity contribution is -0.118. The lowest BCUT2D eigenvalue weighted by Gasteiger charge is -2.38. The second-order valence-electron chi connectivity index (χ2n) is 8.48. The summed E-state index contributed by atoms with van der Waals surface area (Å²) in [5.74, 6) is 3.03. The Balaban J connectivity index is 2.00. The van der Waals surface area contributed by atoms with E-state index < -0.39 is 6.04 Å². The van der Waals surface area contributed by atoms with Crippen LogP contribution in [0.3, 0.4) is 0 Å². The van der Waals surface area contributed by atoms with Crippen molar-refractivity contribution in [1.82, 2.24) is 0 Å². The summed E-state index contributed by atoms with van der Waals surface area (Å²) in [6, 6.07) is 12.3. The molecule has 0 aromatic heterocycles. The van der Waals surface area contributed by atoms with Gasteiger partial charge < -0.3 is 33.3 Å². The molecular weight excluding hydrogens is 510 g/mol. The van der Waals surface area contributed by atoms with E-state index in [2.05, 4.69) is 0 Å². The number of nitrogens with zero attached hydrogens (tertiary/aromatic N) is 1. The van der Waals surface area contributed by atoms with Gasteiger partial charge in [0.05, 0.1) is 59.1 Å². The van der Waals surface area contributed by atoms with Crippen LogP contribution in [0.25, 0.3) is 0 Å². The van der Waals surface area contributed by atoms with Crippen molar-refractivity contribution in [2.45, 2.75) is 26.3 Å². The number of methoxy groups -OCH3 is 4. The molecule has 202 valence electrons. The molecule has 4 rings (SSSR count). The first-order valence-corrected chi connectivity index (χ1v) is 12.7. The van der Waals surface area contributed by atoms with Gasteiger partial charge in [0.15, 0.2) is 23.0 Å². The molecule has 8 nitrogen and oxygen atoms in total. The van der Waals surface area contributed by atoms with Crippen molar-refractivity contribution in [3.8, 4) is 34.5 Å². The average Bonchev–Trinajstić information content (AvgIpc) is 2.92. The highest BCUT2D eigenvalue weighted by molar-refractivity contribution is 6.32. The topological polar surface area (TPSA) is 75.7 Å². The van der Waals surface area contributed by atoms with Crippen LogP contribution >= 0.6 is 11.6 Å². The Kier molecular flexibility index (Phi) is 8.42. The Morgan fingerprint density at radius 1 is 0.789 bits per heavy atom. The van der Waals surface area contributed by atoms with E-state index in [-0.39, 0.29) is 12.3 Å². The number of benzene rings is 3. The van der Waals surface area contributed by atoms with Crippen LogP contribution in [0.2, 0.25) is 5.02 Å². The van der Waals surface area contributed by atoms with E-state index in [0.29, 0.717) is 58.4 Å². The minimum Gasteiger partial charge on any atom is -0.495 e. The van der Waals surface area contributed by atoms with Gasteiger partial charge in [-0.25, -0.2) is 0 Å². The summed E-state index contributed by atoms with van der Waals surface area (Å²) in [6.45, 7) is 4.76. The monoisotopic (exact) mass is 541 g/mol. The molecule has 3 aromatic carbocycles. The van der Waals surface area contributed by atoms with Crippen molar-refractivity contribution in [3.63, 3.8) is 0 Å². The SMILES string of the molecule is CCOc1cc2c(cc1OCC)[C@@H](c1cc(OC)c(OC)c(OC)c1)N(c1ccc(OC)c(Cl)c1)C(=O)C2. The summed E-state index contributed by atoms with van der Waals surface area (Å²) >= 11 is 6.49. The summed E-state index contributed by atoms with van der Waals surface area (Å²) in [4.78, 5) is 15.5.